The lowest BCUT2D eigenvalue weighted by Gasteiger charge is -2.11. The van der Waals surface area contributed by atoms with Crippen LogP contribution in [-0.4, -0.2) is 19.2 Å². The molecule has 3 rings (SSSR count). The number of fused-ring (bicyclic) bond motifs is 1. The second kappa shape index (κ2) is 8.21. The van der Waals surface area contributed by atoms with E-state index in [4.69, 9.17) is 14.2 Å². The first-order chi connectivity index (χ1) is 12.7. The Morgan fingerprint density at radius 2 is 2.12 bits per heavy atom. The highest BCUT2D eigenvalue weighted by molar-refractivity contribution is 5.98. The standard InChI is InChI=1S/C21H19NO4/c1-2-24-21(23)17(13-22)10-16-11-19-18(8-9-25-19)20(12-16)26-14-15-6-4-3-5-7-15/h3-7,10-12H,2,8-9,14H2,1H3/b17-10+. The minimum atomic E-state index is -0.636. The van der Waals surface area contributed by atoms with Crippen molar-refractivity contribution in [3.63, 3.8) is 0 Å². The minimum Gasteiger partial charge on any atom is -0.493 e. The number of benzene rings is 2. The second-order valence-electron chi connectivity index (χ2n) is 5.76. The van der Waals surface area contributed by atoms with Gasteiger partial charge in [-0.25, -0.2) is 4.79 Å². The van der Waals surface area contributed by atoms with Gasteiger partial charge in [-0.05, 0) is 36.3 Å². The summed E-state index contributed by atoms with van der Waals surface area (Å²) in [6.07, 6.45) is 2.27. The van der Waals surface area contributed by atoms with Crippen LogP contribution in [0.3, 0.4) is 0 Å². The normalized spacial score (nSPS) is 12.7. The van der Waals surface area contributed by atoms with Crippen LogP contribution >= 0.6 is 0 Å². The van der Waals surface area contributed by atoms with Crippen molar-refractivity contribution in [3.05, 3.63) is 64.7 Å². The lowest BCUT2D eigenvalue weighted by atomic mass is 10.1. The number of nitrogens with zero attached hydrogens (tertiary/aromatic N) is 1. The molecule has 0 aromatic heterocycles. The Morgan fingerprint density at radius 3 is 2.85 bits per heavy atom. The summed E-state index contributed by atoms with van der Waals surface area (Å²) >= 11 is 0. The molecule has 1 aliphatic heterocycles. The highest BCUT2D eigenvalue weighted by Gasteiger charge is 2.19. The van der Waals surface area contributed by atoms with E-state index in [2.05, 4.69) is 0 Å². The van der Waals surface area contributed by atoms with Gasteiger partial charge in [-0.1, -0.05) is 30.3 Å². The van der Waals surface area contributed by atoms with Crippen molar-refractivity contribution in [1.29, 1.82) is 5.26 Å². The number of nitriles is 1. The molecule has 132 valence electrons. The van der Waals surface area contributed by atoms with Crippen LogP contribution in [0.2, 0.25) is 0 Å². The van der Waals surface area contributed by atoms with E-state index in [0.717, 1.165) is 23.3 Å². The third kappa shape index (κ3) is 4.04. The topological polar surface area (TPSA) is 68.6 Å². The van der Waals surface area contributed by atoms with E-state index in [1.807, 2.05) is 48.5 Å². The molecule has 0 fully saturated rings. The molecule has 26 heavy (non-hydrogen) atoms. The Balaban J connectivity index is 1.88. The fourth-order valence-electron chi connectivity index (χ4n) is 2.74. The van der Waals surface area contributed by atoms with E-state index in [9.17, 15) is 10.1 Å². The summed E-state index contributed by atoms with van der Waals surface area (Å²) in [7, 11) is 0. The maximum Gasteiger partial charge on any atom is 0.348 e. The van der Waals surface area contributed by atoms with Crippen LogP contribution in [0, 0.1) is 11.3 Å². The number of hydrogen-bond donors (Lipinski definition) is 0. The molecule has 0 spiro atoms. The average molecular weight is 349 g/mol. The number of ether oxygens (including phenoxy) is 3. The monoisotopic (exact) mass is 349 g/mol. The van der Waals surface area contributed by atoms with Gasteiger partial charge in [0.2, 0.25) is 0 Å². The Morgan fingerprint density at radius 1 is 1.31 bits per heavy atom. The van der Waals surface area contributed by atoms with Gasteiger partial charge >= 0.3 is 5.97 Å². The summed E-state index contributed by atoms with van der Waals surface area (Å²) < 4.78 is 16.5. The van der Waals surface area contributed by atoms with E-state index in [0.29, 0.717) is 24.5 Å². The fraction of sp³-hybridized carbons (Fsp3) is 0.238. The number of hydrogen-bond acceptors (Lipinski definition) is 5. The molecule has 5 heteroatoms. The predicted octanol–water partition coefficient (Wildman–Crippen LogP) is 3.67. The summed E-state index contributed by atoms with van der Waals surface area (Å²) in [6.45, 7) is 2.94. The van der Waals surface area contributed by atoms with Crippen molar-refractivity contribution in [2.75, 3.05) is 13.2 Å². The Kier molecular flexibility index (Phi) is 5.55. The molecule has 5 nitrogen and oxygen atoms in total. The van der Waals surface area contributed by atoms with E-state index in [1.54, 1.807) is 6.92 Å². The SMILES string of the molecule is CCOC(=O)/C(C#N)=C/c1cc2c(c(OCc3ccccc3)c1)CCO2. The molecule has 0 radical (unpaired) electrons. The summed E-state index contributed by atoms with van der Waals surface area (Å²) in [5, 5.41) is 9.22. The molecule has 0 unspecified atom stereocenters. The molecule has 1 aliphatic rings. The maximum atomic E-state index is 11.8. The summed E-state index contributed by atoms with van der Waals surface area (Å²) in [5.74, 6) is 0.794. The first kappa shape index (κ1) is 17.6. The first-order valence-electron chi connectivity index (χ1n) is 8.46. The lowest BCUT2D eigenvalue weighted by Crippen LogP contribution is -2.06. The van der Waals surface area contributed by atoms with E-state index in [-0.39, 0.29) is 12.2 Å². The van der Waals surface area contributed by atoms with Crippen LogP contribution in [0.25, 0.3) is 6.08 Å². The van der Waals surface area contributed by atoms with Gasteiger partial charge in [0.1, 0.15) is 29.7 Å². The zero-order valence-corrected chi connectivity index (χ0v) is 14.5. The van der Waals surface area contributed by atoms with Crippen molar-refractivity contribution in [1.82, 2.24) is 0 Å². The smallest absolute Gasteiger partial charge is 0.348 e. The van der Waals surface area contributed by atoms with Gasteiger partial charge in [0.15, 0.2) is 0 Å². The highest BCUT2D eigenvalue weighted by atomic mass is 16.5. The summed E-state index contributed by atoms with van der Waals surface area (Å²) in [5.41, 5.74) is 2.68. The van der Waals surface area contributed by atoms with Crippen LogP contribution in [0.15, 0.2) is 48.0 Å². The molecule has 0 bridgehead atoms. The van der Waals surface area contributed by atoms with Crippen molar-refractivity contribution < 1.29 is 19.0 Å². The highest BCUT2D eigenvalue weighted by Crippen LogP contribution is 2.36. The van der Waals surface area contributed by atoms with Crippen molar-refractivity contribution in [2.45, 2.75) is 20.0 Å². The van der Waals surface area contributed by atoms with Crippen molar-refractivity contribution in [2.24, 2.45) is 0 Å². The van der Waals surface area contributed by atoms with Crippen molar-refractivity contribution in [3.8, 4) is 17.6 Å². The Labute approximate surface area is 152 Å². The molecule has 0 saturated heterocycles. The lowest BCUT2D eigenvalue weighted by molar-refractivity contribution is -0.137. The van der Waals surface area contributed by atoms with Gasteiger partial charge in [0.25, 0.3) is 0 Å². The molecule has 2 aromatic carbocycles. The first-order valence-corrected chi connectivity index (χ1v) is 8.46. The second-order valence-corrected chi connectivity index (χ2v) is 5.76. The molecular weight excluding hydrogens is 330 g/mol. The van der Waals surface area contributed by atoms with Crippen LogP contribution < -0.4 is 9.47 Å². The molecule has 1 heterocycles. The number of carbonyl (C=O) groups excluding carboxylic acids is 1. The largest absolute Gasteiger partial charge is 0.493 e. The molecule has 0 amide bonds. The number of carbonyl (C=O) groups is 1. The third-order valence-electron chi connectivity index (χ3n) is 3.96. The average Bonchev–Trinajstić information content (AvgIpc) is 3.14. The molecule has 0 atom stereocenters. The van der Waals surface area contributed by atoms with Gasteiger partial charge in [-0.2, -0.15) is 5.26 Å². The summed E-state index contributed by atoms with van der Waals surface area (Å²) in [4.78, 5) is 11.8. The zero-order chi connectivity index (χ0) is 18.4. The van der Waals surface area contributed by atoms with E-state index in [1.165, 1.54) is 6.08 Å². The van der Waals surface area contributed by atoms with Crippen LogP contribution in [0.1, 0.15) is 23.6 Å². The number of esters is 1. The zero-order valence-electron chi connectivity index (χ0n) is 14.5. The van der Waals surface area contributed by atoms with Gasteiger partial charge in [-0.3, -0.25) is 0 Å². The molecule has 2 aromatic rings. The van der Waals surface area contributed by atoms with Gasteiger partial charge in [-0.15, -0.1) is 0 Å². The Bertz CT molecular complexity index is 866. The molecule has 0 aliphatic carbocycles. The van der Waals surface area contributed by atoms with Crippen molar-refractivity contribution >= 4 is 12.0 Å². The molecule has 0 saturated carbocycles. The Hall–Kier alpha value is -3.26. The third-order valence-corrected chi connectivity index (χ3v) is 3.96. The predicted molar refractivity (Wildman–Crippen MR) is 96.6 cm³/mol. The van der Waals surface area contributed by atoms with Gasteiger partial charge < -0.3 is 14.2 Å². The quantitative estimate of drug-likeness (QED) is 0.452. The maximum absolute atomic E-state index is 11.8. The van der Waals surface area contributed by atoms with Crippen LogP contribution in [0.4, 0.5) is 0 Å². The van der Waals surface area contributed by atoms with E-state index < -0.39 is 5.97 Å². The molecule has 0 N–H and O–H groups in total. The van der Waals surface area contributed by atoms with E-state index >= 15 is 0 Å². The van der Waals surface area contributed by atoms with Crippen LogP contribution in [-0.2, 0) is 22.6 Å². The minimum absolute atomic E-state index is 0.0567. The summed E-state index contributed by atoms with van der Waals surface area (Å²) in [6, 6.07) is 15.4. The van der Waals surface area contributed by atoms with Gasteiger partial charge in [0, 0.05) is 12.0 Å². The van der Waals surface area contributed by atoms with Gasteiger partial charge in [0.05, 0.1) is 13.2 Å². The number of rotatable bonds is 6. The molecular formula is C21H19NO4. The fourth-order valence-corrected chi connectivity index (χ4v) is 2.74. The van der Waals surface area contributed by atoms with Crippen LogP contribution in [0.5, 0.6) is 11.5 Å².